The third-order valence-corrected chi connectivity index (χ3v) is 6.27. The smallest absolute Gasteiger partial charge is 0.231 e. The lowest BCUT2D eigenvalue weighted by atomic mass is 10.2. The second-order valence-electron chi connectivity index (χ2n) is 8.15. The molecular weight excluding hydrogens is 400 g/mol. The number of aromatic nitrogens is 6. The van der Waals surface area contributed by atoms with Gasteiger partial charge in [0.2, 0.25) is 5.95 Å². The first-order valence-electron chi connectivity index (χ1n) is 10.5. The fourth-order valence-corrected chi connectivity index (χ4v) is 3.99. The molecule has 0 amide bonds. The van der Waals surface area contributed by atoms with E-state index in [2.05, 4.69) is 65.4 Å². The average Bonchev–Trinajstić information content (AvgIpc) is 3.26. The summed E-state index contributed by atoms with van der Waals surface area (Å²) in [5.41, 5.74) is 6.24. The van der Waals surface area contributed by atoms with Crippen LogP contribution in [-0.2, 0) is 14.1 Å². The second-order valence-corrected chi connectivity index (χ2v) is 8.15. The van der Waals surface area contributed by atoms with E-state index in [9.17, 15) is 0 Å². The molecule has 5 rings (SSSR count). The van der Waals surface area contributed by atoms with Crippen LogP contribution in [0.1, 0.15) is 11.4 Å². The van der Waals surface area contributed by atoms with Crippen LogP contribution >= 0.6 is 0 Å². The van der Waals surface area contributed by atoms with Gasteiger partial charge in [0.15, 0.2) is 0 Å². The molecule has 0 radical (unpaired) electrons. The zero-order valence-corrected chi connectivity index (χ0v) is 19.2. The molecular formula is C24H26N8. The topological polar surface area (TPSA) is 67.9 Å². The van der Waals surface area contributed by atoms with Crippen LogP contribution in [0.5, 0.6) is 0 Å². The van der Waals surface area contributed by atoms with Crippen LogP contribution in [-0.4, -0.2) is 43.6 Å². The summed E-state index contributed by atoms with van der Waals surface area (Å²) in [6.45, 7) is 4.15. The Kier molecular flexibility index (Phi) is 4.58. The van der Waals surface area contributed by atoms with Crippen molar-refractivity contribution >= 4 is 44.9 Å². The van der Waals surface area contributed by atoms with Crippen molar-refractivity contribution in [2.45, 2.75) is 13.8 Å². The Hall–Kier alpha value is -3.94. The zero-order chi connectivity index (χ0) is 22.6. The van der Waals surface area contributed by atoms with Crippen LogP contribution < -0.4 is 9.80 Å². The van der Waals surface area contributed by atoms with Crippen molar-refractivity contribution in [3.63, 3.8) is 0 Å². The van der Waals surface area contributed by atoms with E-state index in [1.807, 2.05) is 53.4 Å². The van der Waals surface area contributed by atoms with Gasteiger partial charge in [0.1, 0.15) is 5.82 Å². The van der Waals surface area contributed by atoms with Gasteiger partial charge in [-0.3, -0.25) is 9.36 Å². The summed E-state index contributed by atoms with van der Waals surface area (Å²) >= 11 is 0. The van der Waals surface area contributed by atoms with Gasteiger partial charge in [-0.1, -0.05) is 0 Å². The molecule has 0 fully saturated rings. The normalized spacial score (nSPS) is 11.4. The van der Waals surface area contributed by atoms with Crippen LogP contribution in [0.2, 0.25) is 0 Å². The molecule has 0 saturated carbocycles. The molecule has 5 aromatic rings. The lowest BCUT2D eigenvalue weighted by molar-refractivity contribution is 0.751. The molecule has 0 unspecified atom stereocenters. The Bertz CT molecular complexity index is 1350. The van der Waals surface area contributed by atoms with E-state index in [0.717, 1.165) is 50.4 Å². The largest absolute Gasteiger partial charge is 0.329 e. The number of fused-ring (bicyclic) bond motifs is 2. The molecule has 0 spiro atoms. The van der Waals surface area contributed by atoms with Crippen molar-refractivity contribution in [3.05, 3.63) is 60.0 Å². The molecule has 162 valence electrons. The Balaban J connectivity index is 1.47. The molecule has 0 bridgehead atoms. The molecule has 8 heteroatoms. The molecule has 32 heavy (non-hydrogen) atoms. The predicted molar refractivity (Wildman–Crippen MR) is 129 cm³/mol. The fourth-order valence-electron chi connectivity index (χ4n) is 3.99. The summed E-state index contributed by atoms with van der Waals surface area (Å²) in [5, 5.41) is 11.5. The molecule has 0 aliphatic carbocycles. The van der Waals surface area contributed by atoms with Gasteiger partial charge in [0.05, 0.1) is 11.0 Å². The number of aryl methyl sites for hydroxylation is 4. The van der Waals surface area contributed by atoms with Crippen LogP contribution in [0.4, 0.5) is 23.1 Å². The average molecular weight is 427 g/mol. The first-order chi connectivity index (χ1) is 15.3. The van der Waals surface area contributed by atoms with Gasteiger partial charge >= 0.3 is 0 Å². The highest BCUT2D eigenvalue weighted by molar-refractivity contribution is 5.86. The number of rotatable bonds is 4. The van der Waals surface area contributed by atoms with Crippen molar-refractivity contribution in [2.24, 2.45) is 14.1 Å². The van der Waals surface area contributed by atoms with Gasteiger partial charge in [0.25, 0.3) is 0 Å². The Morgan fingerprint density at radius 3 is 1.81 bits per heavy atom. The molecule has 0 aliphatic heterocycles. The molecule has 0 aliphatic rings. The summed E-state index contributed by atoms with van der Waals surface area (Å²) in [5.74, 6) is 1.43. The van der Waals surface area contributed by atoms with Crippen LogP contribution in [0.15, 0.2) is 48.7 Å². The summed E-state index contributed by atoms with van der Waals surface area (Å²) in [7, 11) is 7.91. The van der Waals surface area contributed by atoms with Gasteiger partial charge in [-0.05, 0) is 56.3 Å². The highest BCUT2D eigenvalue weighted by atomic mass is 15.3. The van der Waals surface area contributed by atoms with E-state index in [1.165, 1.54) is 0 Å². The van der Waals surface area contributed by atoms with E-state index in [0.29, 0.717) is 5.95 Å². The Morgan fingerprint density at radius 2 is 1.25 bits per heavy atom. The minimum absolute atomic E-state index is 0.621. The molecule has 3 heterocycles. The minimum atomic E-state index is 0.621. The van der Waals surface area contributed by atoms with Gasteiger partial charge in [-0.2, -0.15) is 15.2 Å². The van der Waals surface area contributed by atoms with E-state index < -0.39 is 0 Å². The molecule has 8 nitrogen and oxygen atoms in total. The van der Waals surface area contributed by atoms with Crippen LogP contribution in [0, 0.1) is 13.8 Å². The van der Waals surface area contributed by atoms with Crippen molar-refractivity contribution in [1.82, 2.24) is 29.5 Å². The zero-order valence-electron chi connectivity index (χ0n) is 19.2. The van der Waals surface area contributed by atoms with E-state index in [1.54, 1.807) is 6.20 Å². The maximum atomic E-state index is 4.82. The molecule has 0 atom stereocenters. The summed E-state index contributed by atoms with van der Waals surface area (Å²) in [4.78, 5) is 13.4. The van der Waals surface area contributed by atoms with E-state index in [4.69, 9.17) is 4.98 Å². The number of benzene rings is 2. The SMILES string of the molecule is Cc1c2ccc(N(C)c3ccnc(N(C)c4ccc5c(C)n(C)nc5c4)n3)cc2nn1C. The second kappa shape index (κ2) is 7.33. The number of hydrogen-bond acceptors (Lipinski definition) is 6. The first-order valence-corrected chi connectivity index (χ1v) is 10.5. The van der Waals surface area contributed by atoms with Crippen molar-refractivity contribution in [1.29, 1.82) is 0 Å². The lowest BCUT2D eigenvalue weighted by Crippen LogP contribution is -2.16. The third kappa shape index (κ3) is 3.15. The highest BCUT2D eigenvalue weighted by Gasteiger charge is 2.14. The highest BCUT2D eigenvalue weighted by Crippen LogP contribution is 2.30. The summed E-state index contributed by atoms with van der Waals surface area (Å²) < 4.78 is 3.81. The maximum Gasteiger partial charge on any atom is 0.231 e. The van der Waals surface area contributed by atoms with Crippen LogP contribution in [0.3, 0.4) is 0 Å². The summed E-state index contributed by atoms with van der Waals surface area (Å²) in [6.07, 6.45) is 1.79. The van der Waals surface area contributed by atoms with Crippen LogP contribution in [0.25, 0.3) is 21.8 Å². The maximum absolute atomic E-state index is 4.82. The quantitative estimate of drug-likeness (QED) is 0.424. The fraction of sp³-hybridized carbons (Fsp3) is 0.250. The predicted octanol–water partition coefficient (Wildman–Crippen LogP) is 4.40. The number of nitrogens with zero attached hydrogens (tertiary/aromatic N) is 8. The summed E-state index contributed by atoms with van der Waals surface area (Å²) in [6, 6.07) is 14.5. The standard InChI is InChI=1S/C24H26N8/c1-15-19-9-7-17(13-21(19)27-31(15)5)29(3)23-11-12-25-24(26-23)30(4)18-8-10-20-16(2)32(6)28-22(20)14-18/h7-14H,1-6H3. The van der Waals surface area contributed by atoms with Crippen molar-refractivity contribution in [3.8, 4) is 0 Å². The van der Waals surface area contributed by atoms with Gasteiger partial charge < -0.3 is 9.80 Å². The third-order valence-electron chi connectivity index (χ3n) is 6.27. The molecule has 3 aromatic heterocycles. The van der Waals surface area contributed by atoms with E-state index in [-0.39, 0.29) is 0 Å². The molecule has 2 aromatic carbocycles. The van der Waals surface area contributed by atoms with Crippen molar-refractivity contribution in [2.75, 3.05) is 23.9 Å². The monoisotopic (exact) mass is 426 g/mol. The van der Waals surface area contributed by atoms with Gasteiger partial charge in [-0.15, -0.1) is 0 Å². The first kappa shape index (κ1) is 20.0. The number of anilines is 4. The lowest BCUT2D eigenvalue weighted by Gasteiger charge is -2.22. The van der Waals surface area contributed by atoms with Crippen molar-refractivity contribution < 1.29 is 0 Å². The minimum Gasteiger partial charge on any atom is -0.329 e. The molecule has 0 saturated heterocycles. The molecule has 0 N–H and O–H groups in total. The Labute approximate surface area is 186 Å². The number of hydrogen-bond donors (Lipinski definition) is 0. The van der Waals surface area contributed by atoms with Gasteiger partial charge in [-0.25, -0.2) is 4.98 Å². The van der Waals surface area contributed by atoms with Gasteiger partial charge in [0, 0.05) is 67.9 Å². The van der Waals surface area contributed by atoms with E-state index >= 15 is 0 Å². The Morgan fingerprint density at radius 1 is 0.719 bits per heavy atom.